The summed E-state index contributed by atoms with van der Waals surface area (Å²) in [6, 6.07) is 59.8. The maximum absolute atomic E-state index is 13.6. The topological polar surface area (TPSA) is 479 Å². The highest BCUT2D eigenvalue weighted by atomic mass is 19.2. The molecule has 0 spiro atoms. The molecule has 20 aromatic rings. The van der Waals surface area contributed by atoms with Gasteiger partial charge in [0.1, 0.15) is 144 Å². The number of nitrogens with two attached hydrogens (primary N) is 5. The molecule has 5 amide bonds. The van der Waals surface area contributed by atoms with Crippen LogP contribution in [-0.2, 0) is 0 Å². The van der Waals surface area contributed by atoms with Gasteiger partial charge in [0, 0.05) is 98.5 Å². The first-order chi connectivity index (χ1) is 71.6. The molecular weight excluding hydrogens is 1890 g/mol. The van der Waals surface area contributed by atoms with Gasteiger partial charge in [0.05, 0.1) is 97.9 Å². The number of carbonyl (C=O) groups is 5. The molecule has 732 valence electrons. The monoisotopic (exact) mass is 1970 g/mol. The number of carbonyl (C=O) groups excluding carboxylic acids is 5. The number of hydrogen-bond donors (Lipinski definition) is 5. The van der Waals surface area contributed by atoms with Gasteiger partial charge in [-0.1, -0.05) is 48.5 Å². The highest BCUT2D eigenvalue weighted by molar-refractivity contribution is 6.15. The Morgan fingerprint density at radius 2 is 0.585 bits per heavy atom. The van der Waals surface area contributed by atoms with Crippen molar-refractivity contribution >= 4 is 142 Å². The molecule has 0 saturated heterocycles. The Labute approximate surface area is 829 Å². The fraction of sp³-hybridized carbons (Fsp3) is 0.115. The quantitative estimate of drug-likeness (QED) is 0.0751. The Balaban J connectivity index is 0.000000108. The van der Waals surface area contributed by atoms with Crippen molar-refractivity contribution in [1.82, 2.24) is 87.6 Å². The molecular formula is C104H82F4N28O11. The third-order valence-corrected chi connectivity index (χ3v) is 24.8. The standard InChI is InChI=1S/C22H19N5O3.C21H15F2N5O2.C21H18N6O2.C20H14F2N6O2.C20H16N6O2/c1-29-18-5-3-2-4-17(18)27-9-8-14-12-15(6-7-16(14)27)26-10-11-30-21-19(22(26)28)20(23)24-13-25-21;22-15-3-1-14(10-16(15)23)27-6-5-12-9-13(2-4-17(12)27)28-7-8-30-20-18(21(28)29)19(24)25-11-26-20;1-13-4-2-3-5-16(13)27-7-6-14-10-15(11-23-19(14)27)26-8-9-29-20-17(21(26)28)18(22)24-12-25-20;21-14-2-1-12(8-15(14)22)27-4-3-11-7-13(9-24-18(11)27)28-5-6-30-19-16(20(28)29)17(23)25-10-26-19;21-17-16-19(24-12-23-17)28-9-8-26(20(16)27)15-10-13-6-7-25(18(13)22-11-15)14-4-2-1-3-5-14/h2-9,12-13H,10-11H2,1H3,(H2,23,24,25);1-6,9-11H,7-8H2,(H2,24,25,26);2-7,10-12H,8-9H2,1H3,(H2,22,24,25);1-4,7-10H,5-6H2,(H2,23,25,26);1-7,10-12H,8-9H2,(H2,21,23,24). The number of fused-ring (bicyclic) bond motifs is 10. The zero-order valence-electron chi connectivity index (χ0n) is 77.8. The van der Waals surface area contributed by atoms with E-state index < -0.39 is 23.3 Å². The minimum absolute atomic E-state index is 0.0374. The van der Waals surface area contributed by atoms with Crippen LogP contribution < -0.4 is 81.6 Å². The number of anilines is 10. The number of nitrogens with zero attached hydrogens (tertiary/aromatic N) is 23. The summed E-state index contributed by atoms with van der Waals surface area (Å²) in [5.74, 6) is -3.13. The average Bonchev–Trinajstić information content (AvgIpc) is 1.66. The summed E-state index contributed by atoms with van der Waals surface area (Å²) < 4.78 is 96.7. The third kappa shape index (κ3) is 18.0. The van der Waals surface area contributed by atoms with Gasteiger partial charge in [-0.15, -0.1) is 0 Å². The zero-order chi connectivity index (χ0) is 101. The minimum Gasteiger partial charge on any atom is -0.495 e. The lowest BCUT2D eigenvalue weighted by atomic mass is 10.2. The second-order valence-corrected chi connectivity index (χ2v) is 33.4. The normalized spacial score (nSPS) is 13.8. The summed E-state index contributed by atoms with van der Waals surface area (Å²) >= 11 is 0. The number of aryl methyl sites for hydroxylation is 1. The van der Waals surface area contributed by atoms with Crippen molar-refractivity contribution in [3.63, 3.8) is 0 Å². The number of hydrogen-bond acceptors (Lipinski definition) is 29. The molecule has 0 unspecified atom stereocenters. The van der Waals surface area contributed by atoms with Gasteiger partial charge in [0.15, 0.2) is 23.3 Å². The molecule has 5 aliphatic heterocycles. The van der Waals surface area contributed by atoms with Gasteiger partial charge in [0.25, 0.3) is 29.5 Å². The van der Waals surface area contributed by atoms with E-state index in [4.69, 9.17) is 57.1 Å². The fourth-order valence-electron chi connectivity index (χ4n) is 17.7. The molecule has 0 bridgehead atoms. The van der Waals surface area contributed by atoms with Gasteiger partial charge in [-0.3, -0.25) is 24.0 Å². The van der Waals surface area contributed by atoms with Crippen LogP contribution in [-0.4, -0.2) is 190 Å². The number of halogens is 4. The first kappa shape index (κ1) is 93.3. The summed E-state index contributed by atoms with van der Waals surface area (Å²) in [4.78, 5) is 127. The molecule has 13 aromatic heterocycles. The van der Waals surface area contributed by atoms with E-state index in [9.17, 15) is 41.5 Å². The lowest BCUT2D eigenvalue weighted by Gasteiger charge is -2.20. The SMILES string of the molecule is COc1ccccc1-n1ccc2cc(N3CCOc4ncnc(N)c4C3=O)ccc21.Cc1ccccc1-n1ccc2cc(N3CCOc4ncnc(N)c4C3=O)cnc21.Nc1ncnc2c1C(=O)N(c1ccc3c(ccn3-c3ccc(F)c(F)c3)c1)CCO2.Nc1ncnc2c1C(=O)N(c1cnc3c(ccn3-c3ccc(F)c(F)c3)c1)CCO2.Nc1ncnc2c1C(=O)N(c1cnc3c(ccn3-c3ccccc3)c1)CCO2. The number of aromatic nitrogens is 18. The molecule has 7 aromatic carbocycles. The van der Waals surface area contributed by atoms with Gasteiger partial charge >= 0.3 is 0 Å². The van der Waals surface area contributed by atoms with Crippen LogP contribution in [0.5, 0.6) is 35.1 Å². The molecule has 0 aliphatic carbocycles. The van der Waals surface area contributed by atoms with E-state index in [1.54, 1.807) is 78.8 Å². The maximum Gasteiger partial charge on any atom is 0.267 e. The number of amides is 5. The first-order valence-corrected chi connectivity index (χ1v) is 45.6. The highest BCUT2D eigenvalue weighted by Gasteiger charge is 2.36. The summed E-state index contributed by atoms with van der Waals surface area (Å²) in [6.07, 6.45) is 20.7. The van der Waals surface area contributed by atoms with Crippen molar-refractivity contribution in [3.05, 3.63) is 338 Å². The van der Waals surface area contributed by atoms with E-state index in [-0.39, 0.29) is 136 Å². The van der Waals surface area contributed by atoms with Crippen molar-refractivity contribution in [3.8, 4) is 63.6 Å². The van der Waals surface area contributed by atoms with E-state index in [0.717, 1.165) is 102 Å². The number of benzene rings is 7. The minimum atomic E-state index is -0.945. The molecule has 18 heterocycles. The van der Waals surface area contributed by atoms with Crippen molar-refractivity contribution in [2.75, 3.05) is 126 Å². The van der Waals surface area contributed by atoms with E-state index in [2.05, 4.69) is 88.4 Å². The maximum atomic E-state index is 13.6. The van der Waals surface area contributed by atoms with Crippen LogP contribution in [0.3, 0.4) is 0 Å². The van der Waals surface area contributed by atoms with E-state index in [1.165, 1.54) is 54.9 Å². The second kappa shape index (κ2) is 39.6. The lowest BCUT2D eigenvalue weighted by molar-refractivity contribution is 0.0982. The molecule has 0 saturated carbocycles. The molecule has 39 nitrogen and oxygen atoms in total. The van der Waals surface area contributed by atoms with E-state index in [1.807, 2.05) is 161 Å². The first-order valence-electron chi connectivity index (χ1n) is 45.6. The number of nitrogen functional groups attached to an aromatic ring is 5. The van der Waals surface area contributed by atoms with E-state index in [0.29, 0.717) is 91.2 Å². The smallest absolute Gasteiger partial charge is 0.267 e. The summed E-state index contributed by atoms with van der Waals surface area (Å²) in [5.41, 5.74) is 42.7. The van der Waals surface area contributed by atoms with Crippen LogP contribution in [0.25, 0.3) is 83.3 Å². The molecule has 25 rings (SSSR count). The van der Waals surface area contributed by atoms with E-state index >= 15 is 0 Å². The lowest BCUT2D eigenvalue weighted by Crippen LogP contribution is -2.32. The molecule has 0 radical (unpaired) electrons. The summed E-state index contributed by atoms with van der Waals surface area (Å²) in [6.45, 7) is 5.15. The number of pyridine rings is 3. The molecule has 5 aliphatic rings. The summed E-state index contributed by atoms with van der Waals surface area (Å²) in [7, 11) is 1.66. The number of ether oxygens (including phenoxy) is 6. The predicted octanol–water partition coefficient (Wildman–Crippen LogP) is 14.3. The molecule has 0 fully saturated rings. The van der Waals surface area contributed by atoms with Gasteiger partial charge in [0.2, 0.25) is 29.4 Å². The second-order valence-electron chi connectivity index (χ2n) is 33.4. The molecule has 43 heteroatoms. The fourth-order valence-corrected chi connectivity index (χ4v) is 17.7. The van der Waals surface area contributed by atoms with Gasteiger partial charge in [-0.05, 0) is 152 Å². The number of para-hydroxylation sites is 4. The third-order valence-electron chi connectivity index (χ3n) is 24.8. The molecule has 0 atom stereocenters. The average molecular weight is 1980 g/mol. The number of rotatable bonds is 11. The Morgan fingerprint density at radius 3 is 0.973 bits per heavy atom. The van der Waals surface area contributed by atoms with Crippen molar-refractivity contribution in [2.45, 2.75) is 6.92 Å². The van der Waals surface area contributed by atoms with Crippen LogP contribution in [0.1, 0.15) is 57.4 Å². The van der Waals surface area contributed by atoms with Crippen molar-refractivity contribution in [2.24, 2.45) is 0 Å². The van der Waals surface area contributed by atoms with Crippen LogP contribution in [0.4, 0.5) is 75.1 Å². The molecule has 10 N–H and O–H groups in total. The van der Waals surface area contributed by atoms with Crippen molar-refractivity contribution < 1.29 is 70.0 Å². The largest absolute Gasteiger partial charge is 0.495 e. The highest BCUT2D eigenvalue weighted by Crippen LogP contribution is 2.40. The van der Waals surface area contributed by atoms with Gasteiger partial charge in [-0.25, -0.2) is 82.4 Å². The van der Waals surface area contributed by atoms with Crippen LogP contribution >= 0.6 is 0 Å². The number of methoxy groups -OCH3 is 1. The van der Waals surface area contributed by atoms with Crippen LogP contribution in [0.2, 0.25) is 0 Å². The van der Waals surface area contributed by atoms with Gasteiger partial charge in [-0.2, -0.15) is 0 Å². The Kier molecular flexibility index (Phi) is 25.1. The summed E-state index contributed by atoms with van der Waals surface area (Å²) in [5, 5.41) is 4.40. The Morgan fingerprint density at radius 1 is 0.279 bits per heavy atom. The zero-order valence-corrected chi connectivity index (χ0v) is 77.8. The Bertz CT molecular complexity index is 8400. The van der Waals surface area contributed by atoms with Crippen molar-refractivity contribution in [1.29, 1.82) is 0 Å². The predicted molar refractivity (Wildman–Crippen MR) is 539 cm³/mol. The molecule has 147 heavy (non-hydrogen) atoms. The van der Waals surface area contributed by atoms with Gasteiger partial charge < -0.3 is 104 Å². The van der Waals surface area contributed by atoms with Crippen LogP contribution in [0, 0.1) is 30.2 Å². The van der Waals surface area contributed by atoms with Crippen LogP contribution in [0.15, 0.2) is 281 Å². The Hall–Kier alpha value is -20.0.